The number of aromatic amines is 2. The van der Waals surface area contributed by atoms with Gasteiger partial charge in [-0.05, 0) is 70.8 Å². The largest absolute Gasteiger partial charge is 3.00 e. The van der Waals surface area contributed by atoms with Crippen molar-refractivity contribution in [1.29, 1.82) is 0 Å². The summed E-state index contributed by atoms with van der Waals surface area (Å²) >= 11 is 0. The molecule has 2 aliphatic rings. The number of benzene rings is 4. The second-order valence-corrected chi connectivity index (χ2v) is 12.0. The molecular formula is C44H30Cl3CrN4. The van der Waals surface area contributed by atoms with Gasteiger partial charge in [0.25, 0.3) is 0 Å². The molecule has 253 valence electrons. The Morgan fingerprint density at radius 2 is 0.500 bits per heavy atom. The predicted octanol–water partition coefficient (Wildman–Crippen LogP) is 2.33. The van der Waals surface area contributed by atoms with Crippen molar-refractivity contribution in [2.75, 3.05) is 0 Å². The molecule has 2 N–H and O–H groups in total. The molecule has 0 spiro atoms. The Kier molecular flexibility index (Phi) is 12.1. The van der Waals surface area contributed by atoms with Crippen molar-refractivity contribution >= 4 is 46.4 Å². The molecular weight excluding hydrogens is 743 g/mol. The van der Waals surface area contributed by atoms with Gasteiger partial charge in [-0.15, -0.1) is 0 Å². The van der Waals surface area contributed by atoms with Crippen LogP contribution in [0.1, 0.15) is 22.8 Å². The van der Waals surface area contributed by atoms with E-state index in [1.807, 2.05) is 24.3 Å². The Morgan fingerprint density at radius 3 is 0.712 bits per heavy atom. The Hall–Kier alpha value is -5.12. The maximum absolute atomic E-state index is 5.35. The van der Waals surface area contributed by atoms with Crippen LogP contribution in [-0.2, 0) is 17.4 Å². The topological polar surface area (TPSA) is 57.4 Å². The molecule has 1 radical (unpaired) electrons. The van der Waals surface area contributed by atoms with E-state index in [2.05, 4.69) is 156 Å². The summed E-state index contributed by atoms with van der Waals surface area (Å²) in [5, 5.41) is 0. The monoisotopic (exact) mass is 771 g/mol. The van der Waals surface area contributed by atoms with Gasteiger partial charge in [0.2, 0.25) is 0 Å². The molecule has 0 fully saturated rings. The first-order valence-corrected chi connectivity index (χ1v) is 16.2. The Balaban J connectivity index is 0.00000131. The number of fused-ring (bicyclic) bond motifs is 8. The van der Waals surface area contributed by atoms with Gasteiger partial charge in [-0.25, -0.2) is 9.97 Å². The first kappa shape index (κ1) is 38.1. The zero-order chi connectivity index (χ0) is 31.9. The molecule has 8 heteroatoms. The van der Waals surface area contributed by atoms with Crippen LogP contribution in [0.15, 0.2) is 146 Å². The van der Waals surface area contributed by atoms with Gasteiger partial charge < -0.3 is 47.2 Å². The fourth-order valence-corrected chi connectivity index (χ4v) is 6.84. The molecule has 0 saturated carbocycles. The summed E-state index contributed by atoms with van der Waals surface area (Å²) in [5.41, 5.74) is 16.2. The average Bonchev–Trinajstić information content (AvgIpc) is 3.98. The first-order valence-electron chi connectivity index (χ1n) is 16.2. The molecule has 0 unspecified atom stereocenters. The smallest absolute Gasteiger partial charge is 1.00 e. The summed E-state index contributed by atoms with van der Waals surface area (Å²) in [6.45, 7) is 0. The number of aromatic nitrogens is 4. The molecule has 4 nitrogen and oxygen atoms in total. The average molecular weight is 773 g/mol. The number of nitrogens with zero attached hydrogens (tertiary/aromatic N) is 2. The quantitative estimate of drug-likeness (QED) is 0.289. The summed E-state index contributed by atoms with van der Waals surface area (Å²) in [6, 6.07) is 50.7. The third kappa shape index (κ3) is 7.03. The van der Waals surface area contributed by atoms with Gasteiger partial charge in [-0.1, -0.05) is 121 Å². The van der Waals surface area contributed by atoms with Crippen LogP contribution in [0.25, 0.3) is 90.9 Å². The molecule has 9 rings (SSSR count). The van der Waals surface area contributed by atoms with Crippen molar-refractivity contribution < 1.29 is 54.6 Å². The molecule has 3 aromatic heterocycles. The second kappa shape index (κ2) is 16.5. The summed E-state index contributed by atoms with van der Waals surface area (Å²) in [7, 11) is 0. The van der Waals surface area contributed by atoms with E-state index in [1.165, 1.54) is 0 Å². The molecule has 0 amide bonds. The zero-order valence-electron chi connectivity index (χ0n) is 27.6. The van der Waals surface area contributed by atoms with Crippen LogP contribution in [0.3, 0.4) is 0 Å². The number of nitrogens with one attached hydrogen (secondary N) is 2. The van der Waals surface area contributed by atoms with E-state index in [-0.39, 0.29) is 54.6 Å². The number of halogens is 3. The minimum Gasteiger partial charge on any atom is -1.00 e. The van der Waals surface area contributed by atoms with Crippen LogP contribution in [0, 0.1) is 0 Å². The van der Waals surface area contributed by atoms with Gasteiger partial charge in [0.1, 0.15) is 0 Å². The molecule has 4 aromatic carbocycles. The van der Waals surface area contributed by atoms with Crippen LogP contribution in [0.4, 0.5) is 0 Å². The molecule has 0 saturated heterocycles. The maximum atomic E-state index is 5.35. The molecule has 0 atom stereocenters. The molecule has 0 aliphatic carbocycles. The van der Waals surface area contributed by atoms with Gasteiger partial charge in [0.15, 0.2) is 0 Å². The maximum Gasteiger partial charge on any atom is 3.00 e. The van der Waals surface area contributed by atoms with Gasteiger partial charge in [-0.2, -0.15) is 0 Å². The summed E-state index contributed by atoms with van der Waals surface area (Å²) < 4.78 is 0. The number of hydrogen-bond acceptors (Lipinski definition) is 2. The standard InChI is InChI=1S/C44H30N4.3ClH.Cr/c1-5-13-29(14-6-1)41-33-21-23-35(45-33)42(30-15-7-2-8-16-30)37-25-27-39(47-37)44(32-19-11-4-12-20-32)40-28-26-38(48-40)43(31-17-9-3-10-18-31)36-24-22-34(41)46-36;;;;/h1-28,45,48H;3*1H;/q;;;;+3/p-3. The number of H-pyrrole nitrogens is 2. The predicted molar refractivity (Wildman–Crippen MR) is 201 cm³/mol. The summed E-state index contributed by atoms with van der Waals surface area (Å²) in [4.78, 5) is 18.3. The second-order valence-electron chi connectivity index (χ2n) is 12.0. The SMILES string of the molecule is C1=Cc2nc1c(-c1ccccc1)c1ccc([nH]1)c(-c1ccccc1)c1nc(c(-c3ccccc3)c3ccc([nH]3)c2-c2ccccc2)C=C1.[Cl-].[Cl-].[Cl-].[Cr+3]. The van der Waals surface area contributed by atoms with Crippen molar-refractivity contribution in [1.82, 2.24) is 19.9 Å². The van der Waals surface area contributed by atoms with Crippen molar-refractivity contribution in [3.8, 4) is 44.5 Å². The van der Waals surface area contributed by atoms with E-state index in [0.717, 1.165) is 89.4 Å². The van der Waals surface area contributed by atoms with E-state index in [0.29, 0.717) is 0 Å². The van der Waals surface area contributed by atoms with Gasteiger partial charge in [-0.3, -0.25) is 0 Å². The summed E-state index contributed by atoms with van der Waals surface area (Å²) in [6.07, 6.45) is 8.54. The number of hydrogen-bond donors (Lipinski definition) is 2. The number of rotatable bonds is 4. The molecule has 7 aromatic rings. The molecule has 8 bridgehead atoms. The fourth-order valence-electron chi connectivity index (χ4n) is 6.84. The van der Waals surface area contributed by atoms with E-state index in [1.54, 1.807) is 0 Å². The van der Waals surface area contributed by atoms with Crippen molar-refractivity contribution in [2.24, 2.45) is 0 Å². The Morgan fingerprint density at radius 1 is 0.288 bits per heavy atom. The zero-order valence-corrected chi connectivity index (χ0v) is 31.1. The third-order valence-electron chi connectivity index (χ3n) is 9.00. The van der Waals surface area contributed by atoms with Crippen LogP contribution in [-0.4, -0.2) is 19.9 Å². The minimum atomic E-state index is 0. The fraction of sp³-hybridized carbons (Fsp3) is 0. The Labute approximate surface area is 331 Å². The molecule has 2 aliphatic heterocycles. The van der Waals surface area contributed by atoms with Gasteiger partial charge in [0.05, 0.1) is 22.8 Å². The van der Waals surface area contributed by atoms with E-state index in [9.17, 15) is 0 Å². The van der Waals surface area contributed by atoms with Crippen LogP contribution >= 0.6 is 0 Å². The van der Waals surface area contributed by atoms with Crippen molar-refractivity contribution in [3.63, 3.8) is 0 Å². The van der Waals surface area contributed by atoms with Crippen molar-refractivity contribution in [3.05, 3.63) is 168 Å². The summed E-state index contributed by atoms with van der Waals surface area (Å²) in [5.74, 6) is 0. The molecule has 5 heterocycles. The van der Waals surface area contributed by atoms with Crippen LogP contribution < -0.4 is 37.2 Å². The van der Waals surface area contributed by atoms with E-state index < -0.39 is 0 Å². The minimum absolute atomic E-state index is 0. The van der Waals surface area contributed by atoms with Crippen LogP contribution in [0.2, 0.25) is 0 Å². The Bertz CT molecular complexity index is 2200. The third-order valence-corrected chi connectivity index (χ3v) is 9.00. The molecule has 52 heavy (non-hydrogen) atoms. The van der Waals surface area contributed by atoms with Gasteiger partial charge in [0, 0.05) is 44.3 Å². The van der Waals surface area contributed by atoms with Crippen molar-refractivity contribution in [2.45, 2.75) is 0 Å². The van der Waals surface area contributed by atoms with Crippen LogP contribution in [0.5, 0.6) is 0 Å². The first-order chi connectivity index (χ1) is 23.8. The normalized spacial score (nSPS) is 11.1. The van der Waals surface area contributed by atoms with E-state index >= 15 is 0 Å². The van der Waals surface area contributed by atoms with E-state index in [4.69, 9.17) is 9.97 Å². The van der Waals surface area contributed by atoms with Gasteiger partial charge >= 0.3 is 17.4 Å².